The van der Waals surface area contributed by atoms with Gasteiger partial charge in [0, 0.05) is 30.4 Å². The van der Waals surface area contributed by atoms with Gasteiger partial charge in [-0.15, -0.1) is 10.2 Å². The van der Waals surface area contributed by atoms with Crippen LogP contribution in [0.2, 0.25) is 0 Å². The van der Waals surface area contributed by atoms with Crippen LogP contribution in [0.1, 0.15) is 51.0 Å². The average molecular weight is 466 g/mol. The number of carbonyl (C=O) groups excluding carboxylic acids is 2. The molecule has 0 spiro atoms. The van der Waals surface area contributed by atoms with E-state index < -0.39 is 0 Å². The molecule has 0 bridgehead atoms. The lowest BCUT2D eigenvalue weighted by molar-refractivity contribution is -0.117. The Hall–Kier alpha value is -3.07. The topological polar surface area (TPSA) is 93.3 Å². The molecule has 9 heteroatoms. The van der Waals surface area contributed by atoms with Crippen molar-refractivity contribution in [3.63, 3.8) is 0 Å². The molecular formula is C24H27N5O3S. The first kappa shape index (κ1) is 21.8. The largest absolute Gasteiger partial charge is 0.461 e. The number of aromatic nitrogens is 3. The Bertz CT molecular complexity index is 1100. The van der Waals surface area contributed by atoms with E-state index in [1.807, 2.05) is 36.4 Å². The average Bonchev–Trinajstić information content (AvgIpc) is 3.59. The minimum absolute atomic E-state index is 0.109. The molecule has 3 heterocycles. The number of nitrogens with zero attached hydrogens (tertiary/aromatic N) is 4. The van der Waals surface area contributed by atoms with Gasteiger partial charge in [0.1, 0.15) is 0 Å². The van der Waals surface area contributed by atoms with Crippen LogP contribution in [0, 0.1) is 0 Å². The Morgan fingerprint density at radius 2 is 1.91 bits per heavy atom. The molecule has 2 amide bonds. The normalized spacial score (nSPS) is 17.0. The number of nitrogens with one attached hydrogen (secondary N) is 1. The lowest BCUT2D eigenvalue weighted by Gasteiger charge is -2.25. The molecule has 0 radical (unpaired) electrons. The van der Waals surface area contributed by atoms with E-state index in [0.717, 1.165) is 42.5 Å². The zero-order valence-corrected chi connectivity index (χ0v) is 19.2. The Morgan fingerprint density at radius 1 is 1.09 bits per heavy atom. The van der Waals surface area contributed by atoms with Crippen LogP contribution in [-0.4, -0.2) is 38.9 Å². The predicted octanol–water partition coefficient (Wildman–Crippen LogP) is 4.90. The SMILES string of the molecule is O=C(CSc1nnc(-c2ccco2)n1C1CCCCC1)Nc1ccc(N2CCCC2=O)cc1. The minimum atomic E-state index is -0.109. The monoisotopic (exact) mass is 465 g/mol. The predicted molar refractivity (Wildman–Crippen MR) is 127 cm³/mol. The molecule has 33 heavy (non-hydrogen) atoms. The highest BCUT2D eigenvalue weighted by molar-refractivity contribution is 7.99. The van der Waals surface area contributed by atoms with Crippen molar-refractivity contribution in [1.29, 1.82) is 0 Å². The summed E-state index contributed by atoms with van der Waals surface area (Å²) in [6, 6.07) is 11.5. The maximum absolute atomic E-state index is 12.6. The van der Waals surface area contributed by atoms with Gasteiger partial charge in [0.25, 0.3) is 0 Å². The van der Waals surface area contributed by atoms with Crippen molar-refractivity contribution in [2.24, 2.45) is 0 Å². The first-order valence-electron chi connectivity index (χ1n) is 11.5. The van der Waals surface area contributed by atoms with Crippen LogP contribution in [-0.2, 0) is 9.59 Å². The van der Waals surface area contributed by atoms with Gasteiger partial charge in [-0.25, -0.2) is 0 Å². The van der Waals surface area contributed by atoms with E-state index >= 15 is 0 Å². The third-order valence-electron chi connectivity index (χ3n) is 6.21. The van der Waals surface area contributed by atoms with Crippen LogP contribution in [0.25, 0.3) is 11.6 Å². The van der Waals surface area contributed by atoms with Gasteiger partial charge in [-0.3, -0.25) is 14.2 Å². The smallest absolute Gasteiger partial charge is 0.234 e. The van der Waals surface area contributed by atoms with Crippen LogP contribution < -0.4 is 10.2 Å². The lowest BCUT2D eigenvalue weighted by Crippen LogP contribution is -2.23. The molecule has 2 aliphatic rings. The standard InChI is InChI=1S/C24H27N5O3S/c30-21(25-17-10-12-18(13-11-17)28-14-4-9-22(28)31)16-33-24-27-26-23(20-8-5-15-32-20)29(24)19-6-2-1-3-7-19/h5,8,10-13,15,19H,1-4,6-7,9,14,16H2,(H,25,30). The summed E-state index contributed by atoms with van der Waals surface area (Å²) in [4.78, 5) is 26.3. The maximum atomic E-state index is 12.6. The second-order valence-corrected chi connectivity index (χ2v) is 9.42. The molecule has 5 rings (SSSR count). The number of benzene rings is 1. The maximum Gasteiger partial charge on any atom is 0.234 e. The molecule has 0 atom stereocenters. The summed E-state index contributed by atoms with van der Waals surface area (Å²) in [5, 5.41) is 12.4. The number of hydrogen-bond acceptors (Lipinski definition) is 6. The highest BCUT2D eigenvalue weighted by atomic mass is 32.2. The summed E-state index contributed by atoms with van der Waals surface area (Å²) in [6.07, 6.45) is 8.91. The van der Waals surface area contributed by atoms with Gasteiger partial charge in [-0.2, -0.15) is 0 Å². The molecule has 2 fully saturated rings. The molecule has 172 valence electrons. The Balaban J connectivity index is 1.24. The van der Waals surface area contributed by atoms with E-state index in [2.05, 4.69) is 20.1 Å². The van der Waals surface area contributed by atoms with Crippen molar-refractivity contribution in [3.05, 3.63) is 42.7 Å². The van der Waals surface area contributed by atoms with Crippen molar-refractivity contribution < 1.29 is 14.0 Å². The zero-order valence-electron chi connectivity index (χ0n) is 18.4. The summed E-state index contributed by atoms with van der Waals surface area (Å²) in [5.41, 5.74) is 1.58. The van der Waals surface area contributed by atoms with Crippen molar-refractivity contribution in [2.45, 2.75) is 56.1 Å². The third-order valence-corrected chi connectivity index (χ3v) is 7.16. The van der Waals surface area contributed by atoms with Crippen LogP contribution in [0.5, 0.6) is 0 Å². The highest BCUT2D eigenvalue weighted by Crippen LogP contribution is 2.35. The van der Waals surface area contributed by atoms with Crippen LogP contribution >= 0.6 is 11.8 Å². The molecule has 1 N–H and O–H groups in total. The molecule has 1 aliphatic carbocycles. The van der Waals surface area contributed by atoms with Crippen LogP contribution in [0.15, 0.2) is 52.2 Å². The first-order valence-corrected chi connectivity index (χ1v) is 12.5. The van der Waals surface area contributed by atoms with E-state index in [1.165, 1.54) is 31.0 Å². The molecule has 0 unspecified atom stereocenters. The Kier molecular flexibility index (Phi) is 6.48. The van der Waals surface area contributed by atoms with E-state index in [0.29, 0.717) is 23.9 Å². The molecule has 8 nitrogen and oxygen atoms in total. The number of amides is 2. The number of rotatable bonds is 7. The number of furan rings is 1. The first-order chi connectivity index (χ1) is 16.2. The fraction of sp³-hybridized carbons (Fsp3) is 0.417. The fourth-order valence-electron chi connectivity index (χ4n) is 4.59. The van der Waals surface area contributed by atoms with Crippen molar-refractivity contribution in [1.82, 2.24) is 14.8 Å². The zero-order chi connectivity index (χ0) is 22.6. The van der Waals surface area contributed by atoms with Crippen LogP contribution in [0.3, 0.4) is 0 Å². The highest BCUT2D eigenvalue weighted by Gasteiger charge is 2.25. The minimum Gasteiger partial charge on any atom is -0.461 e. The molecule has 2 aromatic heterocycles. The number of hydrogen-bond donors (Lipinski definition) is 1. The van der Waals surface area contributed by atoms with Crippen molar-refractivity contribution >= 4 is 35.0 Å². The van der Waals surface area contributed by atoms with Gasteiger partial charge < -0.3 is 14.6 Å². The van der Waals surface area contributed by atoms with Gasteiger partial charge in [-0.1, -0.05) is 31.0 Å². The lowest BCUT2D eigenvalue weighted by atomic mass is 9.95. The molecule has 3 aromatic rings. The van der Waals surface area contributed by atoms with Crippen molar-refractivity contribution in [2.75, 3.05) is 22.5 Å². The number of thioether (sulfide) groups is 1. The fourth-order valence-corrected chi connectivity index (χ4v) is 5.40. The van der Waals surface area contributed by atoms with Gasteiger partial charge >= 0.3 is 0 Å². The second kappa shape index (κ2) is 9.82. The van der Waals surface area contributed by atoms with Gasteiger partial charge in [0.05, 0.1) is 12.0 Å². The van der Waals surface area contributed by atoms with Crippen LogP contribution in [0.4, 0.5) is 11.4 Å². The Labute approximate surface area is 196 Å². The summed E-state index contributed by atoms with van der Waals surface area (Å²) in [5.74, 6) is 1.69. The summed E-state index contributed by atoms with van der Waals surface area (Å²) < 4.78 is 7.74. The molecule has 1 saturated heterocycles. The van der Waals surface area contributed by atoms with Gasteiger partial charge in [0.15, 0.2) is 10.9 Å². The second-order valence-electron chi connectivity index (χ2n) is 8.48. The summed E-state index contributed by atoms with van der Waals surface area (Å²) in [6.45, 7) is 0.753. The van der Waals surface area contributed by atoms with Gasteiger partial charge in [-0.05, 0) is 55.7 Å². The molecule has 1 aliphatic heterocycles. The molecule has 1 saturated carbocycles. The van der Waals surface area contributed by atoms with E-state index in [4.69, 9.17) is 4.42 Å². The molecule has 1 aromatic carbocycles. The third kappa shape index (κ3) is 4.83. The Morgan fingerprint density at radius 3 is 2.61 bits per heavy atom. The quantitative estimate of drug-likeness (QED) is 0.499. The summed E-state index contributed by atoms with van der Waals surface area (Å²) in [7, 11) is 0. The van der Waals surface area contributed by atoms with Crippen molar-refractivity contribution in [3.8, 4) is 11.6 Å². The molecular weight excluding hydrogens is 438 g/mol. The van der Waals surface area contributed by atoms with E-state index in [9.17, 15) is 9.59 Å². The summed E-state index contributed by atoms with van der Waals surface area (Å²) >= 11 is 1.39. The van der Waals surface area contributed by atoms with E-state index in [1.54, 1.807) is 11.2 Å². The van der Waals surface area contributed by atoms with Gasteiger partial charge in [0.2, 0.25) is 17.6 Å². The number of anilines is 2. The number of carbonyl (C=O) groups is 2. The van der Waals surface area contributed by atoms with E-state index in [-0.39, 0.29) is 17.6 Å².